The Balaban J connectivity index is 1.64. The maximum absolute atomic E-state index is 11.1. The number of aromatic nitrogens is 1. The summed E-state index contributed by atoms with van der Waals surface area (Å²) in [4.78, 5) is 12.3. The molecule has 0 unspecified atom stereocenters. The first-order chi connectivity index (χ1) is 15.0. The lowest BCUT2D eigenvalue weighted by Gasteiger charge is -2.15. The zero-order chi connectivity index (χ0) is 21.5. The molecular weight excluding hydrogens is 474 g/mol. The lowest BCUT2D eigenvalue weighted by Crippen LogP contribution is -2.10. The van der Waals surface area contributed by atoms with E-state index in [0.29, 0.717) is 5.75 Å². The molecule has 31 heavy (non-hydrogen) atoms. The number of hydrogen-bond acceptors (Lipinski definition) is 3. The Labute approximate surface area is 193 Å². The predicted molar refractivity (Wildman–Crippen MR) is 128 cm³/mol. The van der Waals surface area contributed by atoms with Crippen molar-refractivity contribution in [2.75, 3.05) is 6.61 Å². The molecule has 6 heteroatoms. The Hall–Kier alpha value is -2.57. The van der Waals surface area contributed by atoms with Crippen molar-refractivity contribution in [3.63, 3.8) is 0 Å². The van der Waals surface area contributed by atoms with E-state index < -0.39 is 5.97 Å². The Morgan fingerprint density at radius 2 is 2.03 bits per heavy atom. The van der Waals surface area contributed by atoms with Crippen molar-refractivity contribution in [2.24, 2.45) is 0 Å². The van der Waals surface area contributed by atoms with Crippen LogP contribution < -0.4 is 4.74 Å². The molecule has 0 saturated carbocycles. The Morgan fingerprint density at radius 1 is 1.19 bits per heavy atom. The molecule has 1 aliphatic rings. The van der Waals surface area contributed by atoms with Crippen LogP contribution in [0.4, 0.5) is 0 Å². The number of hydrogen-bond donors (Lipinski definition) is 1. The van der Waals surface area contributed by atoms with Gasteiger partial charge in [-0.25, -0.2) is 4.79 Å². The molecule has 4 nitrogen and oxygen atoms in total. The van der Waals surface area contributed by atoms with Crippen molar-refractivity contribution >= 4 is 44.1 Å². The number of carboxylic acid groups (broad SMARTS) is 1. The van der Waals surface area contributed by atoms with Crippen LogP contribution in [0.1, 0.15) is 28.8 Å². The third kappa shape index (κ3) is 3.79. The molecule has 0 atom stereocenters. The van der Waals surface area contributed by atoms with Gasteiger partial charge >= 0.3 is 5.97 Å². The molecular formula is C25H22BrNO3S. The van der Waals surface area contributed by atoms with Crippen molar-refractivity contribution in [3.05, 3.63) is 74.7 Å². The van der Waals surface area contributed by atoms with Crippen molar-refractivity contribution in [1.82, 2.24) is 4.57 Å². The van der Waals surface area contributed by atoms with Crippen molar-refractivity contribution < 1.29 is 14.6 Å². The normalized spacial score (nSPS) is 13.0. The van der Waals surface area contributed by atoms with Crippen molar-refractivity contribution in [2.45, 2.75) is 32.7 Å². The number of ether oxygens (including phenoxy) is 1. The molecule has 2 heterocycles. The minimum atomic E-state index is -0.958. The summed E-state index contributed by atoms with van der Waals surface area (Å²) in [6.07, 6.45) is 3.18. The zero-order valence-corrected chi connectivity index (χ0v) is 19.6. The number of thiophene rings is 1. The smallest absolute Gasteiger partial charge is 0.341 e. The van der Waals surface area contributed by atoms with Gasteiger partial charge in [0.2, 0.25) is 0 Å². The van der Waals surface area contributed by atoms with E-state index in [-0.39, 0.29) is 6.61 Å². The van der Waals surface area contributed by atoms with Crippen LogP contribution in [0.3, 0.4) is 0 Å². The minimum Gasteiger partial charge on any atom is -0.481 e. The van der Waals surface area contributed by atoms with Crippen LogP contribution in [0.25, 0.3) is 21.3 Å². The topological polar surface area (TPSA) is 51.5 Å². The monoisotopic (exact) mass is 495 g/mol. The number of carboxylic acids is 1. The lowest BCUT2D eigenvalue weighted by atomic mass is 10.0. The number of nitrogens with zero attached hydrogens (tertiary/aromatic N) is 1. The van der Waals surface area contributed by atoms with Crippen molar-refractivity contribution in [1.29, 1.82) is 0 Å². The Bertz CT molecular complexity index is 1300. The average molecular weight is 496 g/mol. The Morgan fingerprint density at radius 3 is 2.81 bits per heavy atom. The van der Waals surface area contributed by atoms with Gasteiger partial charge in [-0.05, 0) is 88.6 Å². The highest BCUT2D eigenvalue weighted by Gasteiger charge is 2.22. The SMILES string of the molecule is Cc1cc2c(OCC(=O)O)cc3c(c2n1Cc1ccccc1-c1ccc(Br)s1)CCC3. The molecule has 5 rings (SSSR count). The average Bonchev–Trinajstić information content (AvgIpc) is 3.46. The van der Waals surface area contributed by atoms with Crippen LogP contribution >= 0.6 is 27.3 Å². The maximum atomic E-state index is 11.1. The van der Waals surface area contributed by atoms with Crippen LogP contribution in [0.15, 0.2) is 52.3 Å². The van der Waals surface area contributed by atoms with E-state index in [1.807, 2.05) is 0 Å². The highest BCUT2D eigenvalue weighted by molar-refractivity contribution is 9.11. The predicted octanol–water partition coefficient (Wildman–Crippen LogP) is 6.44. The van der Waals surface area contributed by atoms with Gasteiger partial charge in [0.25, 0.3) is 0 Å². The number of rotatable bonds is 6. The molecule has 0 fully saturated rings. The van der Waals surface area contributed by atoms with Gasteiger partial charge in [-0.15, -0.1) is 11.3 Å². The summed E-state index contributed by atoms with van der Waals surface area (Å²) in [6, 6.07) is 17.0. The molecule has 0 saturated heterocycles. The summed E-state index contributed by atoms with van der Waals surface area (Å²) in [7, 11) is 0. The zero-order valence-electron chi connectivity index (χ0n) is 17.2. The molecule has 0 spiro atoms. The van der Waals surface area contributed by atoms with Crippen LogP contribution in [-0.4, -0.2) is 22.2 Å². The standard InChI is InChI=1S/C25H22BrNO3S/c1-15-11-20-21(30-14-24(28)29)12-16-6-4-8-19(16)25(20)27(15)13-17-5-2-3-7-18(17)22-9-10-23(26)31-22/h2-3,5,7,9-12H,4,6,8,13-14H2,1H3,(H,28,29). The summed E-state index contributed by atoms with van der Waals surface area (Å²) in [5.41, 5.74) is 7.51. The number of aliphatic carboxylic acids is 1. The van der Waals surface area contributed by atoms with Gasteiger partial charge in [0.15, 0.2) is 6.61 Å². The molecule has 0 radical (unpaired) electrons. The number of halogens is 1. The van der Waals surface area contributed by atoms with Crippen LogP contribution in [0.5, 0.6) is 5.75 Å². The van der Waals surface area contributed by atoms with Gasteiger partial charge in [-0.3, -0.25) is 0 Å². The largest absolute Gasteiger partial charge is 0.481 e. The third-order valence-electron chi connectivity index (χ3n) is 5.96. The van der Waals surface area contributed by atoms with Gasteiger partial charge in [0, 0.05) is 22.5 Å². The van der Waals surface area contributed by atoms with Crippen LogP contribution in [0, 0.1) is 6.92 Å². The Kier molecular flexibility index (Phi) is 5.36. The quantitative estimate of drug-likeness (QED) is 0.334. The number of fused-ring (bicyclic) bond motifs is 3. The molecule has 0 aliphatic heterocycles. The molecule has 0 bridgehead atoms. The number of benzene rings is 2. The maximum Gasteiger partial charge on any atom is 0.341 e. The van der Waals surface area contributed by atoms with E-state index >= 15 is 0 Å². The molecule has 1 N–H and O–H groups in total. The number of carbonyl (C=O) groups is 1. The number of aryl methyl sites for hydroxylation is 3. The molecule has 1 aliphatic carbocycles. The first kappa shape index (κ1) is 20.3. The van der Waals surface area contributed by atoms with Gasteiger partial charge in [0.1, 0.15) is 5.75 Å². The fourth-order valence-electron chi connectivity index (χ4n) is 4.61. The fourth-order valence-corrected chi connectivity index (χ4v) is 6.06. The fraction of sp³-hybridized carbons (Fsp3) is 0.240. The third-order valence-corrected chi connectivity index (χ3v) is 7.61. The summed E-state index contributed by atoms with van der Waals surface area (Å²) in [6.45, 7) is 2.55. The highest BCUT2D eigenvalue weighted by atomic mass is 79.9. The van der Waals surface area contributed by atoms with Crippen molar-refractivity contribution in [3.8, 4) is 16.2 Å². The molecule has 4 aromatic rings. The van der Waals surface area contributed by atoms with Gasteiger partial charge < -0.3 is 14.4 Å². The summed E-state index contributed by atoms with van der Waals surface area (Å²) in [5, 5.41) is 10.1. The van der Waals surface area contributed by atoms with E-state index in [1.165, 1.54) is 32.6 Å². The molecule has 2 aromatic carbocycles. The second kappa shape index (κ2) is 8.17. The van der Waals surface area contributed by atoms with E-state index in [4.69, 9.17) is 9.84 Å². The first-order valence-corrected chi connectivity index (χ1v) is 11.9. The summed E-state index contributed by atoms with van der Waals surface area (Å²) in [5.74, 6) is -0.281. The summed E-state index contributed by atoms with van der Waals surface area (Å²) < 4.78 is 9.20. The highest BCUT2D eigenvalue weighted by Crippen LogP contribution is 2.40. The van der Waals surface area contributed by atoms with Crippen LogP contribution in [0.2, 0.25) is 0 Å². The van der Waals surface area contributed by atoms with Gasteiger partial charge in [-0.2, -0.15) is 0 Å². The molecule has 0 amide bonds. The summed E-state index contributed by atoms with van der Waals surface area (Å²) >= 11 is 5.32. The van der Waals surface area contributed by atoms with E-state index in [1.54, 1.807) is 11.3 Å². The van der Waals surface area contributed by atoms with Gasteiger partial charge in [0.05, 0.1) is 9.30 Å². The second-order valence-electron chi connectivity index (χ2n) is 7.94. The first-order valence-electron chi connectivity index (χ1n) is 10.3. The minimum absolute atomic E-state index is 0.325. The van der Waals surface area contributed by atoms with E-state index in [0.717, 1.165) is 40.7 Å². The van der Waals surface area contributed by atoms with E-state index in [2.05, 4.69) is 76.0 Å². The second-order valence-corrected chi connectivity index (χ2v) is 10.4. The van der Waals surface area contributed by atoms with E-state index in [9.17, 15) is 4.79 Å². The molecule has 158 valence electrons. The lowest BCUT2D eigenvalue weighted by molar-refractivity contribution is -0.139. The molecule has 2 aromatic heterocycles. The van der Waals surface area contributed by atoms with Crippen LogP contribution in [-0.2, 0) is 24.2 Å². The van der Waals surface area contributed by atoms with Gasteiger partial charge in [-0.1, -0.05) is 24.3 Å².